The van der Waals surface area contributed by atoms with Gasteiger partial charge >= 0.3 is 6.09 Å². The van der Waals surface area contributed by atoms with Crippen LogP contribution in [0.4, 0.5) is 10.5 Å². The third kappa shape index (κ3) is 4.16. The standard InChI is InChI=1S/C15H24N2O2/c1-5-7-17(8-6-2)14-11(3)9-13(10-12(14)4)19-15(16)18/h9-10H,5-8H2,1-4H3,(H2,16,18). The molecule has 0 aliphatic heterocycles. The molecule has 0 aliphatic rings. The number of hydrogen-bond acceptors (Lipinski definition) is 3. The third-order valence-electron chi connectivity index (χ3n) is 2.99. The number of nitrogens with two attached hydrogens (primary N) is 1. The van der Waals surface area contributed by atoms with Crippen LogP contribution in [0, 0.1) is 13.8 Å². The lowest BCUT2D eigenvalue weighted by Crippen LogP contribution is -2.26. The smallest absolute Gasteiger partial charge is 0.409 e. The van der Waals surface area contributed by atoms with Crippen LogP contribution in [-0.4, -0.2) is 19.2 Å². The molecule has 0 fully saturated rings. The molecule has 106 valence electrons. The number of nitrogens with zero attached hydrogens (tertiary/aromatic N) is 1. The van der Waals surface area contributed by atoms with Crippen LogP contribution >= 0.6 is 0 Å². The summed E-state index contributed by atoms with van der Waals surface area (Å²) in [6.45, 7) is 10.5. The normalized spacial score (nSPS) is 10.3. The third-order valence-corrected chi connectivity index (χ3v) is 2.99. The van der Waals surface area contributed by atoms with Crippen LogP contribution in [0.3, 0.4) is 0 Å². The summed E-state index contributed by atoms with van der Waals surface area (Å²) in [6.07, 6.45) is 1.45. The Bertz CT molecular complexity index is 415. The lowest BCUT2D eigenvalue weighted by atomic mass is 10.1. The number of primary amides is 1. The molecule has 1 aromatic carbocycles. The van der Waals surface area contributed by atoms with E-state index in [0.717, 1.165) is 37.1 Å². The molecule has 0 heterocycles. The van der Waals surface area contributed by atoms with Gasteiger partial charge in [-0.15, -0.1) is 0 Å². The van der Waals surface area contributed by atoms with Crippen molar-refractivity contribution in [2.75, 3.05) is 18.0 Å². The van der Waals surface area contributed by atoms with Gasteiger partial charge in [0.1, 0.15) is 5.75 Å². The summed E-state index contributed by atoms with van der Waals surface area (Å²) in [4.78, 5) is 13.2. The molecule has 19 heavy (non-hydrogen) atoms. The van der Waals surface area contributed by atoms with Gasteiger partial charge in [0.15, 0.2) is 0 Å². The van der Waals surface area contributed by atoms with Crippen molar-refractivity contribution in [3.05, 3.63) is 23.3 Å². The van der Waals surface area contributed by atoms with E-state index < -0.39 is 6.09 Å². The monoisotopic (exact) mass is 264 g/mol. The molecule has 2 N–H and O–H groups in total. The number of rotatable bonds is 6. The van der Waals surface area contributed by atoms with Gasteiger partial charge in [0.2, 0.25) is 0 Å². The Morgan fingerprint density at radius 1 is 1.16 bits per heavy atom. The maximum Gasteiger partial charge on any atom is 0.409 e. The van der Waals surface area contributed by atoms with Crippen molar-refractivity contribution < 1.29 is 9.53 Å². The second kappa shape index (κ2) is 7.02. The highest BCUT2D eigenvalue weighted by molar-refractivity contribution is 5.70. The largest absolute Gasteiger partial charge is 0.410 e. The maximum atomic E-state index is 10.8. The number of hydrogen-bond donors (Lipinski definition) is 1. The van der Waals surface area contributed by atoms with E-state index in [0.29, 0.717) is 5.75 Å². The van der Waals surface area contributed by atoms with E-state index in [1.54, 1.807) is 0 Å². The zero-order chi connectivity index (χ0) is 14.4. The van der Waals surface area contributed by atoms with E-state index in [2.05, 4.69) is 18.7 Å². The molecular formula is C15H24N2O2. The molecule has 0 aromatic heterocycles. The van der Waals surface area contributed by atoms with E-state index >= 15 is 0 Å². The number of aryl methyl sites for hydroxylation is 2. The molecular weight excluding hydrogens is 240 g/mol. The molecule has 1 rings (SSSR count). The lowest BCUT2D eigenvalue weighted by Gasteiger charge is -2.27. The predicted octanol–water partition coefficient (Wildman–Crippen LogP) is 3.39. The minimum atomic E-state index is -0.773. The molecule has 0 spiro atoms. The first-order valence-electron chi connectivity index (χ1n) is 6.83. The van der Waals surface area contributed by atoms with Crippen molar-refractivity contribution in [3.63, 3.8) is 0 Å². The van der Waals surface area contributed by atoms with Gasteiger partial charge in [-0.25, -0.2) is 4.79 Å². The fraction of sp³-hybridized carbons (Fsp3) is 0.533. The summed E-state index contributed by atoms with van der Waals surface area (Å²) in [5, 5.41) is 0. The van der Waals surface area contributed by atoms with E-state index in [1.807, 2.05) is 26.0 Å². The van der Waals surface area contributed by atoms with Crippen LogP contribution in [0.2, 0.25) is 0 Å². The van der Waals surface area contributed by atoms with E-state index in [9.17, 15) is 4.79 Å². The SMILES string of the molecule is CCCN(CCC)c1c(C)cc(OC(N)=O)cc1C. The van der Waals surface area contributed by atoms with Crippen LogP contribution < -0.4 is 15.4 Å². The molecule has 0 bridgehead atoms. The lowest BCUT2D eigenvalue weighted by molar-refractivity contribution is 0.211. The van der Waals surface area contributed by atoms with Crippen LogP contribution in [0.15, 0.2) is 12.1 Å². The first-order chi connectivity index (χ1) is 8.99. The average Bonchev–Trinajstić information content (AvgIpc) is 2.27. The maximum absolute atomic E-state index is 10.8. The first-order valence-corrected chi connectivity index (χ1v) is 6.83. The number of anilines is 1. The minimum absolute atomic E-state index is 0.513. The van der Waals surface area contributed by atoms with Crippen molar-refractivity contribution in [2.24, 2.45) is 5.73 Å². The van der Waals surface area contributed by atoms with E-state index in [-0.39, 0.29) is 0 Å². The molecule has 0 saturated heterocycles. The quantitative estimate of drug-likeness (QED) is 0.856. The van der Waals surface area contributed by atoms with Gasteiger partial charge in [0.05, 0.1) is 0 Å². The van der Waals surface area contributed by atoms with Gasteiger partial charge < -0.3 is 15.4 Å². The molecule has 1 amide bonds. The van der Waals surface area contributed by atoms with Crippen molar-refractivity contribution in [1.29, 1.82) is 0 Å². The van der Waals surface area contributed by atoms with Crippen molar-refractivity contribution >= 4 is 11.8 Å². The molecule has 1 aromatic rings. The van der Waals surface area contributed by atoms with Gasteiger partial charge in [0.25, 0.3) is 0 Å². The average molecular weight is 264 g/mol. The van der Waals surface area contributed by atoms with Crippen molar-refractivity contribution in [2.45, 2.75) is 40.5 Å². The number of amides is 1. The summed E-state index contributed by atoms with van der Waals surface area (Å²) in [7, 11) is 0. The van der Waals surface area contributed by atoms with Crippen molar-refractivity contribution in [1.82, 2.24) is 0 Å². The summed E-state index contributed by atoms with van der Waals surface area (Å²) >= 11 is 0. The number of carbonyl (C=O) groups excluding carboxylic acids is 1. The molecule has 0 radical (unpaired) electrons. The molecule has 4 heteroatoms. The summed E-state index contributed by atoms with van der Waals surface area (Å²) in [5.41, 5.74) is 8.50. The topological polar surface area (TPSA) is 55.6 Å². The zero-order valence-electron chi connectivity index (χ0n) is 12.3. The fourth-order valence-corrected chi connectivity index (χ4v) is 2.47. The Hall–Kier alpha value is -1.71. The number of benzene rings is 1. The van der Waals surface area contributed by atoms with Gasteiger partial charge in [0, 0.05) is 18.8 Å². The molecule has 0 saturated carbocycles. The van der Waals surface area contributed by atoms with Crippen LogP contribution in [0.5, 0.6) is 5.75 Å². The highest BCUT2D eigenvalue weighted by Gasteiger charge is 2.13. The number of ether oxygens (including phenoxy) is 1. The Morgan fingerprint density at radius 2 is 1.63 bits per heavy atom. The predicted molar refractivity (Wildman–Crippen MR) is 78.9 cm³/mol. The Balaban J connectivity index is 3.09. The second-order valence-corrected chi connectivity index (χ2v) is 4.81. The van der Waals surface area contributed by atoms with Gasteiger partial charge in [-0.3, -0.25) is 0 Å². The first kappa shape index (κ1) is 15.3. The second-order valence-electron chi connectivity index (χ2n) is 4.81. The summed E-state index contributed by atoms with van der Waals surface area (Å²) < 4.78 is 4.95. The van der Waals surface area contributed by atoms with Gasteiger partial charge in [-0.2, -0.15) is 0 Å². The fourth-order valence-electron chi connectivity index (χ4n) is 2.47. The Labute approximate surface area is 115 Å². The van der Waals surface area contributed by atoms with E-state index in [1.165, 1.54) is 5.69 Å². The Morgan fingerprint density at radius 3 is 2.00 bits per heavy atom. The van der Waals surface area contributed by atoms with Crippen LogP contribution in [0.25, 0.3) is 0 Å². The van der Waals surface area contributed by atoms with Gasteiger partial charge in [-0.05, 0) is 49.9 Å². The molecule has 4 nitrogen and oxygen atoms in total. The Kier molecular flexibility index (Phi) is 5.67. The summed E-state index contributed by atoms with van der Waals surface area (Å²) in [6, 6.07) is 3.73. The zero-order valence-corrected chi connectivity index (χ0v) is 12.3. The molecule has 0 unspecified atom stereocenters. The van der Waals surface area contributed by atoms with Crippen molar-refractivity contribution in [3.8, 4) is 5.75 Å². The van der Waals surface area contributed by atoms with Crippen LogP contribution in [0.1, 0.15) is 37.8 Å². The van der Waals surface area contributed by atoms with Crippen LogP contribution in [-0.2, 0) is 0 Å². The van der Waals surface area contributed by atoms with E-state index in [4.69, 9.17) is 10.5 Å². The number of carbonyl (C=O) groups is 1. The molecule has 0 aliphatic carbocycles. The highest BCUT2D eigenvalue weighted by Crippen LogP contribution is 2.30. The highest BCUT2D eigenvalue weighted by atomic mass is 16.5. The van der Waals surface area contributed by atoms with Gasteiger partial charge in [-0.1, -0.05) is 13.8 Å². The minimum Gasteiger partial charge on any atom is -0.410 e. The summed E-state index contributed by atoms with van der Waals surface area (Å²) in [5.74, 6) is 0.513. The molecule has 0 atom stereocenters.